The van der Waals surface area contributed by atoms with Gasteiger partial charge in [-0.1, -0.05) is 11.6 Å². The summed E-state index contributed by atoms with van der Waals surface area (Å²) in [5, 5.41) is 12.7. The molecule has 0 aliphatic heterocycles. The quantitative estimate of drug-likeness (QED) is 0.682. The summed E-state index contributed by atoms with van der Waals surface area (Å²) in [7, 11) is 0. The number of hydrogen-bond donors (Lipinski definition) is 1. The van der Waals surface area contributed by atoms with Gasteiger partial charge in [0, 0.05) is 12.7 Å². The Hall–Kier alpha value is -1.95. The van der Waals surface area contributed by atoms with Crippen molar-refractivity contribution in [3.05, 3.63) is 29.2 Å². The van der Waals surface area contributed by atoms with Gasteiger partial charge in [-0.3, -0.25) is 0 Å². The highest BCUT2D eigenvalue weighted by Gasteiger charge is 2.10. The van der Waals surface area contributed by atoms with Gasteiger partial charge in [0.25, 0.3) is 0 Å². The predicted octanol–water partition coefficient (Wildman–Crippen LogP) is 3.26. The van der Waals surface area contributed by atoms with E-state index in [2.05, 4.69) is 20.3 Å². The molecule has 0 amide bonds. The second-order valence-corrected chi connectivity index (χ2v) is 4.01. The van der Waals surface area contributed by atoms with E-state index in [9.17, 15) is 0 Å². The van der Waals surface area contributed by atoms with Crippen LogP contribution in [0.1, 0.15) is 12.6 Å². The van der Waals surface area contributed by atoms with Crippen LogP contribution in [0, 0.1) is 6.92 Å². The van der Waals surface area contributed by atoms with Crippen LogP contribution in [0.15, 0.2) is 28.6 Å². The molecule has 2 N–H and O–H groups in total. The summed E-state index contributed by atoms with van der Waals surface area (Å²) >= 11 is 5.89. The monoisotopic (exact) mass is 264 g/mol. The lowest BCUT2D eigenvalue weighted by Gasteiger charge is -1.97. The molecule has 94 valence electrons. The summed E-state index contributed by atoms with van der Waals surface area (Å²) in [4.78, 5) is 3.92. The first kappa shape index (κ1) is 12.5. The van der Waals surface area contributed by atoms with E-state index in [-0.39, 0.29) is 0 Å². The number of nitrogens with two attached hydrogens (primary N) is 1. The molecule has 0 aromatic carbocycles. The maximum absolute atomic E-state index is 5.91. The van der Waals surface area contributed by atoms with Gasteiger partial charge in [-0.15, -0.1) is 10.2 Å². The van der Waals surface area contributed by atoms with Crippen molar-refractivity contribution >= 4 is 28.8 Å². The highest BCUT2D eigenvalue weighted by molar-refractivity contribution is 6.31. The molecule has 7 heteroatoms. The summed E-state index contributed by atoms with van der Waals surface area (Å²) in [6.07, 6.45) is 1.59. The minimum absolute atomic E-state index is 0.306. The lowest BCUT2D eigenvalue weighted by Crippen LogP contribution is -2.01. The standard InChI is InChI=1S/C11H13ClN6/c1-3-18-11(13)9(7(2)17-18)16-15-8-5-4-6-14-10(8)12/h4-6H,3,13H2,1-2H3. The highest BCUT2D eigenvalue weighted by atomic mass is 35.5. The first-order valence-electron chi connectivity index (χ1n) is 5.48. The van der Waals surface area contributed by atoms with E-state index >= 15 is 0 Å². The molecule has 0 saturated carbocycles. The van der Waals surface area contributed by atoms with Crippen LogP contribution in [0.25, 0.3) is 0 Å². The van der Waals surface area contributed by atoms with E-state index in [1.165, 1.54) is 0 Å². The molecular formula is C11H13ClN6. The molecule has 18 heavy (non-hydrogen) atoms. The molecule has 0 saturated heterocycles. The van der Waals surface area contributed by atoms with E-state index in [1.54, 1.807) is 23.0 Å². The van der Waals surface area contributed by atoms with Crippen molar-refractivity contribution < 1.29 is 0 Å². The zero-order valence-corrected chi connectivity index (χ0v) is 10.9. The van der Waals surface area contributed by atoms with Crippen molar-refractivity contribution in [3.8, 4) is 0 Å². The van der Waals surface area contributed by atoms with Crippen molar-refractivity contribution in [1.29, 1.82) is 0 Å². The summed E-state index contributed by atoms with van der Waals surface area (Å²) < 4.78 is 1.68. The fraction of sp³-hybridized carbons (Fsp3) is 0.273. The van der Waals surface area contributed by atoms with Crippen LogP contribution in [0.3, 0.4) is 0 Å². The molecule has 0 spiro atoms. The Morgan fingerprint density at radius 1 is 1.44 bits per heavy atom. The van der Waals surface area contributed by atoms with Crippen LogP contribution >= 0.6 is 11.6 Å². The second-order valence-electron chi connectivity index (χ2n) is 3.65. The average Bonchev–Trinajstić information content (AvgIpc) is 2.64. The van der Waals surface area contributed by atoms with Crippen molar-refractivity contribution in [2.24, 2.45) is 10.2 Å². The van der Waals surface area contributed by atoms with E-state index in [0.29, 0.717) is 28.9 Å². The van der Waals surface area contributed by atoms with Crippen molar-refractivity contribution in [2.75, 3.05) is 5.73 Å². The Morgan fingerprint density at radius 3 is 2.83 bits per heavy atom. The molecule has 0 atom stereocenters. The van der Waals surface area contributed by atoms with Gasteiger partial charge < -0.3 is 5.73 Å². The molecule has 0 bridgehead atoms. The van der Waals surface area contributed by atoms with E-state index in [4.69, 9.17) is 17.3 Å². The third-order valence-corrected chi connectivity index (χ3v) is 2.72. The number of nitrogen functional groups attached to an aromatic ring is 1. The molecule has 0 fully saturated rings. The number of aromatic nitrogens is 3. The lowest BCUT2D eigenvalue weighted by molar-refractivity contribution is 0.663. The number of halogens is 1. The van der Waals surface area contributed by atoms with Gasteiger partial charge in [0.15, 0.2) is 10.8 Å². The van der Waals surface area contributed by atoms with Gasteiger partial charge in [0.05, 0.1) is 5.69 Å². The third kappa shape index (κ3) is 2.33. The fourth-order valence-corrected chi connectivity index (χ4v) is 1.67. The Balaban J connectivity index is 2.35. The lowest BCUT2D eigenvalue weighted by atomic mass is 10.4. The first-order valence-corrected chi connectivity index (χ1v) is 5.86. The molecule has 2 aromatic heterocycles. The third-order valence-electron chi connectivity index (χ3n) is 2.43. The van der Waals surface area contributed by atoms with Gasteiger partial charge in [-0.2, -0.15) is 5.10 Å². The SMILES string of the molecule is CCn1nc(C)c(N=Nc2cccnc2Cl)c1N. The molecule has 2 rings (SSSR count). The number of pyridine rings is 1. The molecule has 0 aliphatic rings. The molecule has 0 radical (unpaired) electrons. The number of nitrogens with zero attached hydrogens (tertiary/aromatic N) is 5. The molecule has 2 aromatic rings. The zero-order valence-electron chi connectivity index (χ0n) is 10.1. The van der Waals surface area contributed by atoms with E-state index in [0.717, 1.165) is 5.69 Å². The van der Waals surface area contributed by atoms with Crippen molar-refractivity contribution in [2.45, 2.75) is 20.4 Å². The topological polar surface area (TPSA) is 81.5 Å². The minimum atomic E-state index is 0.306. The normalized spacial score (nSPS) is 11.3. The number of azo groups is 1. The molecular weight excluding hydrogens is 252 g/mol. The van der Waals surface area contributed by atoms with Crippen molar-refractivity contribution in [3.63, 3.8) is 0 Å². The minimum Gasteiger partial charge on any atom is -0.382 e. The Kier molecular flexibility index (Phi) is 3.57. The molecule has 0 aliphatic carbocycles. The van der Waals surface area contributed by atoms with Gasteiger partial charge in [-0.25, -0.2) is 9.67 Å². The van der Waals surface area contributed by atoms with Crippen LogP contribution in [0.5, 0.6) is 0 Å². The van der Waals surface area contributed by atoms with Gasteiger partial charge >= 0.3 is 0 Å². The summed E-state index contributed by atoms with van der Waals surface area (Å²) in [5.41, 5.74) is 7.72. The summed E-state index contributed by atoms with van der Waals surface area (Å²) in [6, 6.07) is 3.47. The number of hydrogen-bond acceptors (Lipinski definition) is 5. The average molecular weight is 265 g/mol. The largest absolute Gasteiger partial charge is 0.382 e. The van der Waals surface area contributed by atoms with Crippen molar-refractivity contribution in [1.82, 2.24) is 14.8 Å². The number of anilines is 1. The first-order chi connectivity index (χ1) is 8.63. The van der Waals surface area contributed by atoms with Gasteiger partial charge in [0.1, 0.15) is 11.5 Å². The second kappa shape index (κ2) is 5.14. The van der Waals surface area contributed by atoms with E-state index < -0.39 is 0 Å². The smallest absolute Gasteiger partial charge is 0.156 e. The molecule has 2 heterocycles. The molecule has 6 nitrogen and oxygen atoms in total. The number of aryl methyl sites for hydroxylation is 2. The van der Waals surface area contributed by atoms with Crippen LogP contribution in [-0.2, 0) is 6.54 Å². The maximum Gasteiger partial charge on any atom is 0.156 e. The fourth-order valence-electron chi connectivity index (χ4n) is 1.51. The van der Waals surface area contributed by atoms with Crippen LogP contribution in [0.4, 0.5) is 17.2 Å². The zero-order chi connectivity index (χ0) is 13.1. The Labute approximate surface area is 110 Å². The Morgan fingerprint density at radius 2 is 2.22 bits per heavy atom. The van der Waals surface area contributed by atoms with E-state index in [1.807, 2.05) is 13.8 Å². The van der Waals surface area contributed by atoms with Crippen LogP contribution < -0.4 is 5.73 Å². The van der Waals surface area contributed by atoms with Crippen LogP contribution in [-0.4, -0.2) is 14.8 Å². The highest BCUT2D eigenvalue weighted by Crippen LogP contribution is 2.29. The Bertz CT molecular complexity index is 589. The summed E-state index contributed by atoms with van der Waals surface area (Å²) in [5.74, 6) is 0.499. The van der Waals surface area contributed by atoms with Gasteiger partial charge in [-0.05, 0) is 26.0 Å². The summed E-state index contributed by atoms with van der Waals surface area (Å²) in [6.45, 7) is 4.49. The predicted molar refractivity (Wildman–Crippen MR) is 70.5 cm³/mol. The number of rotatable bonds is 3. The van der Waals surface area contributed by atoms with Crippen LogP contribution in [0.2, 0.25) is 5.15 Å². The van der Waals surface area contributed by atoms with Gasteiger partial charge in [0.2, 0.25) is 0 Å². The maximum atomic E-state index is 5.91. The molecule has 0 unspecified atom stereocenters.